The molecule has 146 valence electrons. The number of amides is 1. The molecule has 2 aromatic rings. The van der Waals surface area contributed by atoms with Crippen LogP contribution in [0.25, 0.3) is 0 Å². The predicted octanol–water partition coefficient (Wildman–Crippen LogP) is 3.47. The van der Waals surface area contributed by atoms with Crippen molar-refractivity contribution in [3.8, 4) is 0 Å². The molecule has 3 aliphatic heterocycles. The number of hydrogen-bond acceptors (Lipinski definition) is 3. The third-order valence-electron chi connectivity index (χ3n) is 6.74. The third kappa shape index (κ3) is 3.36. The number of nitrogens with zero attached hydrogens (tertiary/aromatic N) is 2. The molecular weight excluding hydrogens is 348 g/mol. The van der Waals surface area contributed by atoms with Crippen LogP contribution in [-0.2, 0) is 22.6 Å². The second-order valence-corrected chi connectivity index (χ2v) is 8.38. The van der Waals surface area contributed by atoms with Crippen molar-refractivity contribution in [2.45, 2.75) is 50.5 Å². The topological polar surface area (TPSA) is 32.8 Å². The summed E-state index contributed by atoms with van der Waals surface area (Å²) in [6.45, 7) is 3.32. The number of rotatable bonds is 5. The highest BCUT2D eigenvalue weighted by Gasteiger charge is 2.51. The summed E-state index contributed by atoms with van der Waals surface area (Å²) in [5.74, 6) is 0.847. The molecule has 3 heterocycles. The molecule has 3 fully saturated rings. The minimum absolute atomic E-state index is 0.0373. The molecule has 3 unspecified atom stereocenters. The Bertz CT molecular complexity index is 768. The Kier molecular flexibility index (Phi) is 4.91. The normalized spacial score (nSPS) is 29.2. The standard InChI is InChI=1S/C24H28N2O2/c27-24-22(15-21-20-12-14-28-23(20)11-13-26(21)24)25(16-18-7-3-1-4-8-18)17-19-9-5-2-6-10-19/h1-10,20-23H,11-17H2/t20?,21?,22-,23?/m0/s1. The summed E-state index contributed by atoms with van der Waals surface area (Å²) in [5.41, 5.74) is 2.52. The van der Waals surface area contributed by atoms with Crippen molar-refractivity contribution in [1.29, 1.82) is 0 Å². The first-order valence-corrected chi connectivity index (χ1v) is 10.5. The minimum atomic E-state index is -0.0373. The maximum absolute atomic E-state index is 13.4. The first-order valence-electron chi connectivity index (χ1n) is 10.5. The maximum Gasteiger partial charge on any atom is 0.240 e. The molecule has 1 amide bonds. The van der Waals surface area contributed by atoms with Gasteiger partial charge in [0.05, 0.1) is 12.1 Å². The lowest BCUT2D eigenvalue weighted by Gasteiger charge is -2.37. The molecule has 0 saturated carbocycles. The van der Waals surface area contributed by atoms with Crippen molar-refractivity contribution in [3.05, 3.63) is 71.8 Å². The zero-order chi connectivity index (χ0) is 18.9. The Hall–Kier alpha value is -2.17. The van der Waals surface area contributed by atoms with Gasteiger partial charge in [-0.05, 0) is 30.4 Å². The Morgan fingerprint density at radius 2 is 1.57 bits per heavy atom. The quantitative estimate of drug-likeness (QED) is 0.801. The van der Waals surface area contributed by atoms with E-state index in [9.17, 15) is 4.79 Å². The summed E-state index contributed by atoms with van der Waals surface area (Å²) in [5, 5.41) is 0. The van der Waals surface area contributed by atoms with E-state index in [1.165, 1.54) is 11.1 Å². The fraction of sp³-hybridized carbons (Fsp3) is 0.458. The van der Waals surface area contributed by atoms with Gasteiger partial charge in [0.25, 0.3) is 0 Å². The van der Waals surface area contributed by atoms with Gasteiger partial charge < -0.3 is 9.64 Å². The molecule has 0 N–H and O–H groups in total. The SMILES string of the molecule is O=C1[C@@H](N(Cc2ccccc2)Cc2ccccc2)CC2C3CCOC3CCN12. The number of ether oxygens (including phenoxy) is 1. The Morgan fingerprint density at radius 3 is 2.21 bits per heavy atom. The Labute approximate surface area is 167 Å². The van der Waals surface area contributed by atoms with E-state index in [0.717, 1.165) is 45.5 Å². The van der Waals surface area contributed by atoms with E-state index in [-0.39, 0.29) is 6.04 Å². The van der Waals surface area contributed by atoms with Crippen LogP contribution in [-0.4, -0.2) is 47.0 Å². The number of piperidine rings is 1. The molecule has 3 saturated heterocycles. The Balaban J connectivity index is 1.40. The summed E-state index contributed by atoms with van der Waals surface area (Å²) in [6.07, 6.45) is 3.40. The third-order valence-corrected chi connectivity index (χ3v) is 6.74. The minimum Gasteiger partial charge on any atom is -0.378 e. The van der Waals surface area contributed by atoms with Crippen LogP contribution in [0.3, 0.4) is 0 Å². The highest BCUT2D eigenvalue weighted by molar-refractivity contribution is 5.85. The van der Waals surface area contributed by atoms with Crippen LogP contribution >= 0.6 is 0 Å². The van der Waals surface area contributed by atoms with Gasteiger partial charge in [0.2, 0.25) is 5.91 Å². The molecule has 0 bridgehead atoms. The van der Waals surface area contributed by atoms with E-state index in [0.29, 0.717) is 24.0 Å². The lowest BCUT2D eigenvalue weighted by Crippen LogP contribution is -2.48. The summed E-state index contributed by atoms with van der Waals surface area (Å²) < 4.78 is 5.94. The first kappa shape index (κ1) is 17.9. The summed E-state index contributed by atoms with van der Waals surface area (Å²) in [6, 6.07) is 21.4. The molecule has 4 atom stereocenters. The van der Waals surface area contributed by atoms with Crippen LogP contribution in [0.5, 0.6) is 0 Å². The molecule has 0 aromatic heterocycles. The van der Waals surface area contributed by atoms with E-state index < -0.39 is 0 Å². The summed E-state index contributed by atoms with van der Waals surface area (Å²) in [4.78, 5) is 17.9. The fourth-order valence-corrected chi connectivity index (χ4v) is 5.38. The fourth-order valence-electron chi connectivity index (χ4n) is 5.38. The van der Waals surface area contributed by atoms with Crippen molar-refractivity contribution < 1.29 is 9.53 Å². The second-order valence-electron chi connectivity index (χ2n) is 8.38. The molecule has 0 aliphatic carbocycles. The van der Waals surface area contributed by atoms with Crippen molar-refractivity contribution in [1.82, 2.24) is 9.80 Å². The maximum atomic E-state index is 13.4. The monoisotopic (exact) mass is 376 g/mol. The smallest absolute Gasteiger partial charge is 0.240 e. The van der Waals surface area contributed by atoms with Gasteiger partial charge in [0.1, 0.15) is 0 Å². The van der Waals surface area contributed by atoms with E-state index in [2.05, 4.69) is 58.3 Å². The number of carbonyl (C=O) groups is 1. The average molecular weight is 377 g/mol. The van der Waals surface area contributed by atoms with E-state index in [1.54, 1.807) is 0 Å². The molecule has 0 radical (unpaired) electrons. The van der Waals surface area contributed by atoms with Crippen LogP contribution < -0.4 is 0 Å². The number of carbonyl (C=O) groups excluding carboxylic acids is 1. The zero-order valence-corrected chi connectivity index (χ0v) is 16.2. The largest absolute Gasteiger partial charge is 0.378 e. The van der Waals surface area contributed by atoms with Gasteiger partial charge in [0, 0.05) is 38.2 Å². The Morgan fingerprint density at radius 1 is 0.929 bits per heavy atom. The van der Waals surface area contributed by atoms with Crippen LogP contribution in [0, 0.1) is 5.92 Å². The average Bonchev–Trinajstić information content (AvgIpc) is 3.34. The highest BCUT2D eigenvalue weighted by Crippen LogP contribution is 2.40. The lowest BCUT2D eigenvalue weighted by molar-refractivity contribution is -0.136. The van der Waals surface area contributed by atoms with E-state index in [4.69, 9.17) is 4.74 Å². The van der Waals surface area contributed by atoms with Gasteiger partial charge in [-0.15, -0.1) is 0 Å². The molecular formula is C24H28N2O2. The highest BCUT2D eigenvalue weighted by atomic mass is 16.5. The van der Waals surface area contributed by atoms with Gasteiger partial charge in [-0.1, -0.05) is 60.7 Å². The van der Waals surface area contributed by atoms with Gasteiger partial charge in [-0.2, -0.15) is 0 Å². The summed E-state index contributed by atoms with van der Waals surface area (Å²) >= 11 is 0. The van der Waals surface area contributed by atoms with Crippen LogP contribution in [0.4, 0.5) is 0 Å². The number of hydrogen-bond donors (Lipinski definition) is 0. The van der Waals surface area contributed by atoms with Crippen molar-refractivity contribution in [2.24, 2.45) is 5.92 Å². The lowest BCUT2D eigenvalue weighted by atomic mass is 9.86. The van der Waals surface area contributed by atoms with Crippen molar-refractivity contribution in [3.63, 3.8) is 0 Å². The zero-order valence-electron chi connectivity index (χ0n) is 16.2. The molecule has 5 rings (SSSR count). The van der Waals surface area contributed by atoms with E-state index >= 15 is 0 Å². The molecule has 3 aliphatic rings. The molecule has 28 heavy (non-hydrogen) atoms. The molecule has 0 spiro atoms. The van der Waals surface area contributed by atoms with Gasteiger partial charge >= 0.3 is 0 Å². The van der Waals surface area contributed by atoms with Crippen LogP contribution in [0.1, 0.15) is 30.4 Å². The van der Waals surface area contributed by atoms with Crippen molar-refractivity contribution >= 4 is 5.91 Å². The van der Waals surface area contributed by atoms with E-state index in [1.807, 2.05) is 12.1 Å². The number of fused-ring (bicyclic) bond motifs is 3. The predicted molar refractivity (Wildman–Crippen MR) is 109 cm³/mol. The summed E-state index contributed by atoms with van der Waals surface area (Å²) in [7, 11) is 0. The number of benzene rings is 2. The van der Waals surface area contributed by atoms with Gasteiger partial charge in [-0.25, -0.2) is 0 Å². The van der Waals surface area contributed by atoms with Gasteiger partial charge in [0.15, 0.2) is 0 Å². The van der Waals surface area contributed by atoms with Crippen molar-refractivity contribution in [2.75, 3.05) is 13.2 Å². The molecule has 2 aromatic carbocycles. The second kappa shape index (κ2) is 7.69. The van der Waals surface area contributed by atoms with Crippen LogP contribution in [0.15, 0.2) is 60.7 Å². The van der Waals surface area contributed by atoms with Crippen LogP contribution in [0.2, 0.25) is 0 Å². The van der Waals surface area contributed by atoms with Gasteiger partial charge in [-0.3, -0.25) is 9.69 Å². The molecule has 4 nitrogen and oxygen atoms in total. The molecule has 4 heteroatoms. The first-order chi connectivity index (χ1) is 13.8.